The van der Waals surface area contributed by atoms with E-state index in [1.165, 1.54) is 0 Å². The van der Waals surface area contributed by atoms with Crippen molar-refractivity contribution in [2.24, 2.45) is 0 Å². The molecular formula is C14H23N3O. The summed E-state index contributed by atoms with van der Waals surface area (Å²) >= 11 is 0. The van der Waals surface area contributed by atoms with Gasteiger partial charge in [0.2, 0.25) is 0 Å². The summed E-state index contributed by atoms with van der Waals surface area (Å²) in [7, 11) is 1.81. The van der Waals surface area contributed by atoms with Crippen LogP contribution in [0.4, 0.5) is 5.82 Å². The molecule has 0 unspecified atom stereocenters. The van der Waals surface area contributed by atoms with Crippen molar-refractivity contribution in [3.63, 3.8) is 0 Å². The average molecular weight is 249 g/mol. The van der Waals surface area contributed by atoms with Gasteiger partial charge in [0.25, 0.3) is 5.91 Å². The van der Waals surface area contributed by atoms with Gasteiger partial charge < -0.3 is 10.2 Å². The topological polar surface area (TPSA) is 45.2 Å². The minimum absolute atomic E-state index is 0.0907. The van der Waals surface area contributed by atoms with E-state index in [4.69, 9.17) is 0 Å². The van der Waals surface area contributed by atoms with Gasteiger partial charge in [0.05, 0.1) is 0 Å². The Morgan fingerprint density at radius 3 is 2.67 bits per heavy atom. The van der Waals surface area contributed by atoms with E-state index >= 15 is 0 Å². The fourth-order valence-corrected chi connectivity index (χ4v) is 1.85. The van der Waals surface area contributed by atoms with Gasteiger partial charge in [-0.2, -0.15) is 0 Å². The van der Waals surface area contributed by atoms with Gasteiger partial charge >= 0.3 is 0 Å². The van der Waals surface area contributed by atoms with Gasteiger partial charge in [-0.05, 0) is 32.4 Å². The number of unbranched alkanes of at least 4 members (excludes halogenated alkanes) is 1. The third-order valence-electron chi connectivity index (χ3n) is 2.91. The molecule has 0 fully saturated rings. The fourth-order valence-electron chi connectivity index (χ4n) is 1.85. The maximum atomic E-state index is 12.4. The zero-order chi connectivity index (χ0) is 13.5. The van der Waals surface area contributed by atoms with Gasteiger partial charge in [-0.25, -0.2) is 4.98 Å². The number of nitrogens with zero attached hydrogens (tertiary/aromatic N) is 2. The molecule has 1 aromatic rings. The molecule has 0 saturated heterocycles. The highest BCUT2D eigenvalue weighted by Gasteiger charge is 2.14. The van der Waals surface area contributed by atoms with Gasteiger partial charge in [0.1, 0.15) is 5.82 Å². The number of carbonyl (C=O) groups excluding carboxylic acids is 1. The zero-order valence-electron chi connectivity index (χ0n) is 11.8. The number of aromatic nitrogens is 1. The number of aryl methyl sites for hydroxylation is 1. The van der Waals surface area contributed by atoms with Crippen LogP contribution in [-0.2, 0) is 0 Å². The molecule has 1 amide bonds. The van der Waals surface area contributed by atoms with E-state index in [1.807, 2.05) is 37.9 Å². The lowest BCUT2D eigenvalue weighted by Gasteiger charge is -2.21. The van der Waals surface area contributed by atoms with Crippen molar-refractivity contribution in [3.05, 3.63) is 23.4 Å². The molecule has 1 rings (SSSR count). The lowest BCUT2D eigenvalue weighted by Crippen LogP contribution is -2.31. The fraction of sp³-hybridized carbons (Fsp3) is 0.571. The first-order chi connectivity index (χ1) is 8.62. The average Bonchev–Trinajstić information content (AvgIpc) is 2.38. The van der Waals surface area contributed by atoms with Gasteiger partial charge in [0.15, 0.2) is 0 Å². The molecule has 4 nitrogen and oxygen atoms in total. The second-order valence-electron chi connectivity index (χ2n) is 4.37. The third-order valence-corrected chi connectivity index (χ3v) is 2.91. The Kier molecular flexibility index (Phi) is 5.62. The van der Waals surface area contributed by atoms with E-state index in [2.05, 4.69) is 17.2 Å². The van der Waals surface area contributed by atoms with Crippen molar-refractivity contribution < 1.29 is 4.79 Å². The van der Waals surface area contributed by atoms with Crippen molar-refractivity contribution >= 4 is 11.7 Å². The van der Waals surface area contributed by atoms with Crippen molar-refractivity contribution in [2.45, 2.75) is 33.6 Å². The highest BCUT2D eigenvalue weighted by Crippen LogP contribution is 2.12. The summed E-state index contributed by atoms with van der Waals surface area (Å²) in [5.74, 6) is 0.831. The molecule has 100 valence electrons. The predicted octanol–water partition coefficient (Wildman–Crippen LogP) is 2.69. The second-order valence-corrected chi connectivity index (χ2v) is 4.37. The van der Waals surface area contributed by atoms with E-state index in [-0.39, 0.29) is 5.91 Å². The number of rotatable bonds is 6. The van der Waals surface area contributed by atoms with Crippen LogP contribution in [0, 0.1) is 6.92 Å². The summed E-state index contributed by atoms with van der Waals surface area (Å²) < 4.78 is 0. The number of hydrogen-bond donors (Lipinski definition) is 1. The lowest BCUT2D eigenvalue weighted by atomic mass is 10.2. The Labute approximate surface area is 109 Å². The molecule has 0 saturated carbocycles. The van der Waals surface area contributed by atoms with Crippen LogP contribution < -0.4 is 5.32 Å². The summed E-state index contributed by atoms with van der Waals surface area (Å²) in [4.78, 5) is 18.6. The highest BCUT2D eigenvalue weighted by atomic mass is 16.2. The normalized spacial score (nSPS) is 10.2. The number of amides is 1. The molecule has 0 aliphatic heterocycles. The molecule has 0 atom stereocenters. The standard InChI is InChI=1S/C14H23N3O/c1-5-7-8-17(6-2)14(18)12-9-11(3)16-13(10-12)15-4/h9-10H,5-8H2,1-4H3,(H,15,16). The van der Waals surface area contributed by atoms with Gasteiger partial charge in [-0.15, -0.1) is 0 Å². The number of carbonyl (C=O) groups is 1. The Morgan fingerprint density at radius 2 is 2.11 bits per heavy atom. The summed E-state index contributed by atoms with van der Waals surface area (Å²) in [5.41, 5.74) is 1.57. The maximum absolute atomic E-state index is 12.4. The van der Waals surface area contributed by atoms with Crippen LogP contribution in [-0.4, -0.2) is 35.9 Å². The molecule has 1 N–H and O–H groups in total. The Bertz CT molecular complexity index is 404. The Hall–Kier alpha value is -1.58. The SMILES string of the molecule is CCCCN(CC)C(=O)c1cc(C)nc(NC)c1. The minimum atomic E-state index is 0.0907. The van der Waals surface area contributed by atoms with Gasteiger partial charge in [-0.1, -0.05) is 13.3 Å². The van der Waals surface area contributed by atoms with Crippen LogP contribution in [0.15, 0.2) is 12.1 Å². The summed E-state index contributed by atoms with van der Waals surface area (Å²) in [6, 6.07) is 3.65. The van der Waals surface area contributed by atoms with Crippen molar-refractivity contribution in [2.75, 3.05) is 25.5 Å². The van der Waals surface area contributed by atoms with Crippen LogP contribution in [0.25, 0.3) is 0 Å². The van der Waals surface area contributed by atoms with Crippen LogP contribution in [0.5, 0.6) is 0 Å². The van der Waals surface area contributed by atoms with E-state index in [0.717, 1.165) is 37.4 Å². The first kappa shape index (κ1) is 14.5. The number of pyridine rings is 1. The van der Waals surface area contributed by atoms with Crippen LogP contribution in [0.2, 0.25) is 0 Å². The molecule has 0 aromatic carbocycles. The molecule has 1 aromatic heterocycles. The predicted molar refractivity (Wildman–Crippen MR) is 75.0 cm³/mol. The molecule has 18 heavy (non-hydrogen) atoms. The molecule has 0 bridgehead atoms. The lowest BCUT2D eigenvalue weighted by molar-refractivity contribution is 0.0762. The van der Waals surface area contributed by atoms with Crippen LogP contribution in [0.1, 0.15) is 42.7 Å². The largest absolute Gasteiger partial charge is 0.373 e. The molecule has 1 heterocycles. The third kappa shape index (κ3) is 3.72. The molecule has 0 aliphatic rings. The first-order valence-electron chi connectivity index (χ1n) is 6.58. The van der Waals surface area contributed by atoms with Gasteiger partial charge in [0, 0.05) is 31.4 Å². The van der Waals surface area contributed by atoms with Crippen LogP contribution in [0.3, 0.4) is 0 Å². The van der Waals surface area contributed by atoms with E-state index in [1.54, 1.807) is 0 Å². The quantitative estimate of drug-likeness (QED) is 0.843. The Balaban J connectivity index is 2.90. The minimum Gasteiger partial charge on any atom is -0.373 e. The molecule has 4 heteroatoms. The monoisotopic (exact) mass is 249 g/mol. The summed E-state index contributed by atoms with van der Waals surface area (Å²) in [5, 5.41) is 2.98. The molecule has 0 aliphatic carbocycles. The summed E-state index contributed by atoms with van der Waals surface area (Å²) in [6.07, 6.45) is 2.14. The summed E-state index contributed by atoms with van der Waals surface area (Å²) in [6.45, 7) is 7.62. The molecular weight excluding hydrogens is 226 g/mol. The molecule has 0 radical (unpaired) electrons. The van der Waals surface area contributed by atoms with Crippen molar-refractivity contribution in [1.82, 2.24) is 9.88 Å². The first-order valence-corrected chi connectivity index (χ1v) is 6.58. The number of nitrogens with one attached hydrogen (secondary N) is 1. The number of anilines is 1. The molecule has 0 spiro atoms. The number of hydrogen-bond acceptors (Lipinski definition) is 3. The second kappa shape index (κ2) is 6.99. The van der Waals surface area contributed by atoms with E-state index in [0.29, 0.717) is 5.56 Å². The van der Waals surface area contributed by atoms with Crippen LogP contribution >= 0.6 is 0 Å². The van der Waals surface area contributed by atoms with Crippen molar-refractivity contribution in [3.8, 4) is 0 Å². The highest BCUT2D eigenvalue weighted by molar-refractivity contribution is 5.95. The maximum Gasteiger partial charge on any atom is 0.254 e. The van der Waals surface area contributed by atoms with E-state index < -0.39 is 0 Å². The van der Waals surface area contributed by atoms with Gasteiger partial charge in [-0.3, -0.25) is 4.79 Å². The Morgan fingerprint density at radius 1 is 1.39 bits per heavy atom. The smallest absolute Gasteiger partial charge is 0.254 e. The van der Waals surface area contributed by atoms with Crippen molar-refractivity contribution in [1.29, 1.82) is 0 Å². The van der Waals surface area contributed by atoms with E-state index in [9.17, 15) is 4.79 Å². The zero-order valence-corrected chi connectivity index (χ0v) is 11.8.